The van der Waals surface area contributed by atoms with Gasteiger partial charge in [-0.05, 0) is 37.3 Å². The summed E-state index contributed by atoms with van der Waals surface area (Å²) in [6.07, 6.45) is 5.18. The number of nitrogens with two attached hydrogens (primary N) is 1. The maximum absolute atomic E-state index is 14.2. The lowest BCUT2D eigenvalue weighted by molar-refractivity contribution is 0.222. The molecule has 0 unspecified atom stereocenters. The fraction of sp³-hybridized carbons (Fsp3) is 0.250. The first-order chi connectivity index (χ1) is 13.6. The number of carbonyl (C=O) groups is 1. The summed E-state index contributed by atoms with van der Waals surface area (Å²) in [5.41, 5.74) is 1.08. The van der Waals surface area contributed by atoms with E-state index in [9.17, 15) is 13.6 Å². The van der Waals surface area contributed by atoms with E-state index in [1.807, 2.05) is 6.26 Å². The standard InChI is InChI=1S/C19H16F2N2O2.CH5NS/c20-13-6-4-7-14(21)17(13)12-5-3-8-16-18(12)15(11-25-16)22-19(24)23-9-1-2-10-23;1-3-2/h3-8,11H,1-2,9-10H2,(H,22,24);2H2,1H3. The minimum atomic E-state index is -0.662. The Labute approximate surface area is 166 Å². The molecule has 0 spiro atoms. The van der Waals surface area contributed by atoms with Crippen LogP contribution in [-0.2, 0) is 0 Å². The monoisotopic (exact) mass is 405 g/mol. The van der Waals surface area contributed by atoms with Gasteiger partial charge in [-0.2, -0.15) is 0 Å². The fourth-order valence-electron chi connectivity index (χ4n) is 3.26. The van der Waals surface area contributed by atoms with E-state index >= 15 is 0 Å². The van der Waals surface area contributed by atoms with Crippen molar-refractivity contribution in [2.75, 3.05) is 24.7 Å². The Morgan fingerprint density at radius 1 is 1.14 bits per heavy atom. The largest absolute Gasteiger partial charge is 0.462 e. The normalized spacial score (nSPS) is 13.4. The van der Waals surface area contributed by atoms with Gasteiger partial charge >= 0.3 is 6.03 Å². The van der Waals surface area contributed by atoms with Gasteiger partial charge in [0.05, 0.1) is 16.6 Å². The van der Waals surface area contributed by atoms with Crippen LogP contribution < -0.4 is 10.5 Å². The number of halogens is 2. The molecule has 2 amide bonds. The quantitative estimate of drug-likeness (QED) is 0.573. The molecule has 2 aromatic carbocycles. The zero-order valence-electron chi connectivity index (χ0n) is 15.4. The number of nitrogens with one attached hydrogen (secondary N) is 1. The van der Waals surface area contributed by atoms with Crippen LogP contribution in [0, 0.1) is 11.6 Å². The summed E-state index contributed by atoms with van der Waals surface area (Å²) in [5, 5.41) is 8.05. The zero-order valence-corrected chi connectivity index (χ0v) is 16.2. The number of urea groups is 1. The minimum Gasteiger partial charge on any atom is -0.462 e. The number of furan rings is 1. The third-order valence-electron chi connectivity index (χ3n) is 4.47. The highest BCUT2D eigenvalue weighted by Crippen LogP contribution is 2.37. The van der Waals surface area contributed by atoms with Crippen molar-refractivity contribution in [3.05, 3.63) is 54.3 Å². The lowest BCUT2D eigenvalue weighted by Crippen LogP contribution is -2.32. The summed E-state index contributed by atoms with van der Waals surface area (Å²) >= 11 is 1.25. The van der Waals surface area contributed by atoms with E-state index in [0.717, 1.165) is 12.8 Å². The molecular formula is C20H21F2N3O2S. The van der Waals surface area contributed by atoms with Gasteiger partial charge in [-0.1, -0.05) is 30.1 Å². The number of amides is 2. The maximum Gasteiger partial charge on any atom is 0.321 e. The first kappa shape index (κ1) is 20.2. The van der Waals surface area contributed by atoms with Gasteiger partial charge in [-0.25, -0.2) is 13.6 Å². The van der Waals surface area contributed by atoms with Gasteiger partial charge in [0.15, 0.2) is 0 Å². The topological polar surface area (TPSA) is 71.5 Å². The van der Waals surface area contributed by atoms with Crippen LogP contribution in [0.3, 0.4) is 0 Å². The molecule has 0 aliphatic carbocycles. The van der Waals surface area contributed by atoms with Gasteiger partial charge in [0.25, 0.3) is 0 Å². The first-order valence-electron chi connectivity index (χ1n) is 8.80. The van der Waals surface area contributed by atoms with Crippen LogP contribution >= 0.6 is 11.9 Å². The van der Waals surface area contributed by atoms with E-state index < -0.39 is 11.6 Å². The molecule has 1 fully saturated rings. The summed E-state index contributed by atoms with van der Waals surface area (Å²) in [5.74, 6) is -1.32. The molecule has 1 aliphatic heterocycles. The van der Waals surface area contributed by atoms with Crippen molar-refractivity contribution in [3.63, 3.8) is 0 Å². The summed E-state index contributed by atoms with van der Waals surface area (Å²) in [4.78, 5) is 14.1. The highest BCUT2D eigenvalue weighted by Gasteiger charge is 2.22. The second kappa shape index (κ2) is 9.07. The van der Waals surface area contributed by atoms with E-state index in [4.69, 9.17) is 9.56 Å². The predicted octanol–water partition coefficient (Wildman–Crippen LogP) is 5.23. The molecule has 1 aliphatic rings. The van der Waals surface area contributed by atoms with Crippen molar-refractivity contribution in [2.24, 2.45) is 5.14 Å². The number of hydrogen-bond acceptors (Lipinski definition) is 4. The highest BCUT2D eigenvalue weighted by atomic mass is 32.2. The molecule has 3 N–H and O–H groups in total. The highest BCUT2D eigenvalue weighted by molar-refractivity contribution is 7.96. The molecule has 0 atom stereocenters. The van der Waals surface area contributed by atoms with Crippen LogP contribution in [0.25, 0.3) is 22.1 Å². The number of nitrogens with zero attached hydrogens (tertiary/aromatic N) is 1. The molecular weight excluding hydrogens is 384 g/mol. The van der Waals surface area contributed by atoms with Crippen molar-refractivity contribution < 1.29 is 18.0 Å². The van der Waals surface area contributed by atoms with Gasteiger partial charge in [0.2, 0.25) is 0 Å². The molecule has 0 radical (unpaired) electrons. The van der Waals surface area contributed by atoms with Crippen LogP contribution in [0.4, 0.5) is 19.3 Å². The number of hydrogen-bond donors (Lipinski definition) is 2. The molecule has 1 saturated heterocycles. The smallest absolute Gasteiger partial charge is 0.321 e. The van der Waals surface area contributed by atoms with Crippen LogP contribution in [0.15, 0.2) is 47.1 Å². The van der Waals surface area contributed by atoms with Gasteiger partial charge in [-0.15, -0.1) is 0 Å². The summed E-state index contributed by atoms with van der Waals surface area (Å²) in [6, 6.07) is 8.48. The van der Waals surface area contributed by atoms with Gasteiger partial charge < -0.3 is 14.6 Å². The Kier molecular flexibility index (Phi) is 6.53. The molecule has 8 heteroatoms. The first-order valence-corrected chi connectivity index (χ1v) is 10.1. The SMILES string of the molecule is CSN.O=C(Nc1coc2cccc(-c3c(F)cccc3F)c12)N1CCCC1. The number of carbonyl (C=O) groups excluding carboxylic acids is 1. The molecule has 5 nitrogen and oxygen atoms in total. The zero-order chi connectivity index (χ0) is 20.1. The molecule has 28 heavy (non-hydrogen) atoms. The Morgan fingerprint density at radius 2 is 1.75 bits per heavy atom. The molecule has 0 bridgehead atoms. The second-order valence-corrected chi connectivity index (χ2v) is 6.76. The van der Waals surface area contributed by atoms with Gasteiger partial charge in [0.1, 0.15) is 23.5 Å². The van der Waals surface area contributed by atoms with Crippen LogP contribution in [0.1, 0.15) is 12.8 Å². The van der Waals surface area contributed by atoms with Crippen molar-refractivity contribution in [1.29, 1.82) is 0 Å². The average molecular weight is 405 g/mol. The van der Waals surface area contributed by atoms with Gasteiger partial charge in [0, 0.05) is 18.7 Å². The maximum atomic E-state index is 14.2. The number of fused-ring (bicyclic) bond motifs is 1. The Bertz CT molecular complexity index is 951. The lowest BCUT2D eigenvalue weighted by Gasteiger charge is -2.16. The van der Waals surface area contributed by atoms with Crippen LogP contribution in [-0.4, -0.2) is 30.3 Å². The van der Waals surface area contributed by atoms with E-state index in [-0.39, 0.29) is 11.6 Å². The molecule has 3 aromatic rings. The fourth-order valence-corrected chi connectivity index (χ4v) is 3.26. The molecule has 148 valence electrons. The summed E-state index contributed by atoms with van der Waals surface area (Å²) in [6.45, 7) is 1.41. The van der Waals surface area contributed by atoms with Crippen LogP contribution in [0.5, 0.6) is 0 Å². The lowest BCUT2D eigenvalue weighted by atomic mass is 10.00. The van der Waals surface area contributed by atoms with Crippen molar-refractivity contribution >= 4 is 34.6 Å². The van der Waals surface area contributed by atoms with Gasteiger partial charge in [-0.3, -0.25) is 5.14 Å². The van der Waals surface area contributed by atoms with E-state index in [0.29, 0.717) is 35.3 Å². The molecule has 1 aromatic heterocycles. The number of benzene rings is 2. The Morgan fingerprint density at radius 3 is 2.39 bits per heavy atom. The van der Waals surface area contributed by atoms with E-state index in [1.54, 1.807) is 23.1 Å². The van der Waals surface area contributed by atoms with Crippen molar-refractivity contribution in [1.82, 2.24) is 4.90 Å². The Balaban J connectivity index is 0.000000706. The second-order valence-electron chi connectivity index (χ2n) is 6.28. The van der Waals surface area contributed by atoms with Crippen molar-refractivity contribution in [3.8, 4) is 11.1 Å². The summed E-state index contributed by atoms with van der Waals surface area (Å²) < 4.78 is 34.0. The number of rotatable bonds is 2. The predicted molar refractivity (Wildman–Crippen MR) is 109 cm³/mol. The third kappa shape index (κ3) is 4.13. The Hall–Kier alpha value is -2.58. The summed E-state index contributed by atoms with van der Waals surface area (Å²) in [7, 11) is 0. The third-order valence-corrected chi connectivity index (χ3v) is 4.47. The minimum absolute atomic E-state index is 0.133. The molecule has 4 rings (SSSR count). The average Bonchev–Trinajstić information content (AvgIpc) is 3.33. The number of anilines is 1. The molecule has 0 saturated carbocycles. The van der Waals surface area contributed by atoms with Crippen LogP contribution in [0.2, 0.25) is 0 Å². The number of likely N-dealkylation sites (tertiary alicyclic amines) is 1. The van der Waals surface area contributed by atoms with E-state index in [2.05, 4.69) is 5.32 Å². The van der Waals surface area contributed by atoms with Crippen molar-refractivity contribution in [2.45, 2.75) is 12.8 Å². The van der Waals surface area contributed by atoms with E-state index in [1.165, 1.54) is 36.4 Å². The molecule has 2 heterocycles.